The molecule has 3 rings (SSSR count). The molecule has 6 heteroatoms. The molecule has 0 radical (unpaired) electrons. The van der Waals surface area contributed by atoms with E-state index in [1.807, 2.05) is 0 Å². The Morgan fingerprint density at radius 3 is 2.54 bits per heavy atom. The number of likely N-dealkylation sites (tertiary alicyclic amines) is 1. The first kappa shape index (κ1) is 17.2. The van der Waals surface area contributed by atoms with Gasteiger partial charge in [0.05, 0.1) is 11.5 Å². The van der Waals surface area contributed by atoms with Crippen molar-refractivity contribution in [1.82, 2.24) is 4.90 Å². The summed E-state index contributed by atoms with van der Waals surface area (Å²) in [6.45, 7) is 3.90. The van der Waals surface area contributed by atoms with Gasteiger partial charge >= 0.3 is 0 Å². The highest BCUT2D eigenvalue weighted by Crippen LogP contribution is 2.32. The predicted molar refractivity (Wildman–Crippen MR) is 94.3 cm³/mol. The van der Waals surface area contributed by atoms with Gasteiger partial charge in [-0.05, 0) is 56.5 Å². The monoisotopic (exact) mass is 333 g/mol. The number of hydrogen-bond donors (Lipinski definition) is 1. The van der Waals surface area contributed by atoms with E-state index in [4.69, 9.17) is 0 Å². The van der Waals surface area contributed by atoms with Gasteiger partial charge in [0.15, 0.2) is 0 Å². The van der Waals surface area contributed by atoms with E-state index in [0.717, 1.165) is 38.2 Å². The number of nitrogens with zero attached hydrogens (tertiary/aromatic N) is 3. The number of nitro groups is 1. The molecule has 1 N–H and O–H groups in total. The predicted octanol–water partition coefficient (Wildman–Crippen LogP) is 2.93. The molecule has 1 atom stereocenters. The fourth-order valence-electron chi connectivity index (χ4n) is 4.01. The van der Waals surface area contributed by atoms with Crippen molar-refractivity contribution in [2.75, 3.05) is 31.1 Å². The van der Waals surface area contributed by atoms with E-state index in [2.05, 4.69) is 9.80 Å². The first-order chi connectivity index (χ1) is 11.7. The molecule has 0 spiro atoms. The van der Waals surface area contributed by atoms with Crippen molar-refractivity contribution in [3.05, 3.63) is 33.9 Å². The molecule has 0 aliphatic carbocycles. The Balaban J connectivity index is 1.79. The van der Waals surface area contributed by atoms with E-state index < -0.39 is 0 Å². The van der Waals surface area contributed by atoms with Crippen LogP contribution in [-0.2, 0) is 6.61 Å². The van der Waals surface area contributed by atoms with Crippen LogP contribution in [0.1, 0.15) is 44.1 Å². The molecule has 0 amide bonds. The van der Waals surface area contributed by atoms with Crippen molar-refractivity contribution in [1.29, 1.82) is 0 Å². The van der Waals surface area contributed by atoms with E-state index >= 15 is 0 Å². The number of hydrogen-bond acceptors (Lipinski definition) is 5. The lowest BCUT2D eigenvalue weighted by atomic mass is 10.0. The van der Waals surface area contributed by atoms with E-state index in [9.17, 15) is 15.2 Å². The zero-order valence-electron chi connectivity index (χ0n) is 14.2. The van der Waals surface area contributed by atoms with Gasteiger partial charge < -0.3 is 10.0 Å². The zero-order chi connectivity index (χ0) is 16.9. The molecule has 0 saturated carbocycles. The van der Waals surface area contributed by atoms with Gasteiger partial charge in [-0.1, -0.05) is 12.8 Å². The number of piperidine rings is 1. The van der Waals surface area contributed by atoms with Crippen molar-refractivity contribution >= 4 is 11.4 Å². The second-order valence-corrected chi connectivity index (χ2v) is 6.93. The molecular formula is C18H27N3O3. The first-order valence-corrected chi connectivity index (χ1v) is 9.06. The van der Waals surface area contributed by atoms with Crippen LogP contribution in [0, 0.1) is 10.1 Å². The highest BCUT2D eigenvalue weighted by Gasteiger charge is 2.29. The van der Waals surface area contributed by atoms with Crippen molar-refractivity contribution in [3.63, 3.8) is 0 Å². The van der Waals surface area contributed by atoms with Crippen LogP contribution in [0.3, 0.4) is 0 Å². The Labute approximate surface area is 143 Å². The third-order valence-electron chi connectivity index (χ3n) is 5.31. The van der Waals surface area contributed by atoms with Crippen molar-refractivity contribution < 1.29 is 10.0 Å². The first-order valence-electron chi connectivity index (χ1n) is 9.06. The summed E-state index contributed by atoms with van der Waals surface area (Å²) in [4.78, 5) is 15.8. The Morgan fingerprint density at radius 2 is 1.88 bits per heavy atom. The maximum Gasteiger partial charge on any atom is 0.292 e. The Bertz CT molecular complexity index is 571. The molecule has 2 aliphatic rings. The topological polar surface area (TPSA) is 69.8 Å². The number of nitro benzene ring substituents is 1. The Kier molecular flexibility index (Phi) is 5.68. The summed E-state index contributed by atoms with van der Waals surface area (Å²) in [5.74, 6) is 0. The molecule has 0 aromatic heterocycles. The highest BCUT2D eigenvalue weighted by molar-refractivity contribution is 5.64. The summed E-state index contributed by atoms with van der Waals surface area (Å²) < 4.78 is 0. The van der Waals surface area contributed by atoms with Gasteiger partial charge in [0.1, 0.15) is 5.69 Å². The zero-order valence-corrected chi connectivity index (χ0v) is 14.2. The molecule has 6 nitrogen and oxygen atoms in total. The summed E-state index contributed by atoms with van der Waals surface area (Å²) in [7, 11) is 0. The fourth-order valence-corrected chi connectivity index (χ4v) is 4.01. The van der Waals surface area contributed by atoms with E-state index in [1.54, 1.807) is 12.1 Å². The number of benzene rings is 1. The minimum Gasteiger partial charge on any atom is -0.392 e. The van der Waals surface area contributed by atoms with E-state index in [0.29, 0.717) is 11.7 Å². The van der Waals surface area contributed by atoms with Crippen molar-refractivity contribution in [2.24, 2.45) is 0 Å². The molecule has 1 aromatic rings. The minimum atomic E-state index is -0.313. The highest BCUT2D eigenvalue weighted by atomic mass is 16.6. The molecule has 2 fully saturated rings. The Hall–Kier alpha value is -1.66. The molecule has 1 unspecified atom stereocenters. The van der Waals surface area contributed by atoms with Gasteiger partial charge in [-0.25, -0.2) is 0 Å². The maximum atomic E-state index is 11.4. The van der Waals surface area contributed by atoms with Crippen LogP contribution >= 0.6 is 0 Å². The van der Waals surface area contributed by atoms with E-state index in [-0.39, 0.29) is 17.2 Å². The lowest BCUT2D eigenvalue weighted by molar-refractivity contribution is -0.384. The number of aliphatic hydroxyl groups is 1. The quantitative estimate of drug-likeness (QED) is 0.678. The molecule has 2 aliphatic heterocycles. The molecule has 24 heavy (non-hydrogen) atoms. The summed E-state index contributed by atoms with van der Waals surface area (Å²) in [6.07, 6.45) is 7.38. The molecular weight excluding hydrogens is 306 g/mol. The second-order valence-electron chi connectivity index (χ2n) is 6.93. The van der Waals surface area contributed by atoms with Crippen LogP contribution in [0.2, 0.25) is 0 Å². The number of rotatable bonds is 4. The van der Waals surface area contributed by atoms with Gasteiger partial charge in [0.25, 0.3) is 5.69 Å². The van der Waals surface area contributed by atoms with Crippen molar-refractivity contribution in [2.45, 2.75) is 51.2 Å². The second kappa shape index (κ2) is 7.94. The van der Waals surface area contributed by atoms with Crippen molar-refractivity contribution in [3.8, 4) is 0 Å². The average Bonchev–Trinajstić information content (AvgIpc) is 2.90. The molecule has 0 bridgehead atoms. The Morgan fingerprint density at radius 1 is 1.12 bits per heavy atom. The van der Waals surface area contributed by atoms with Gasteiger partial charge in [-0.2, -0.15) is 0 Å². The van der Waals surface area contributed by atoms with Gasteiger partial charge in [-0.3, -0.25) is 15.0 Å². The third kappa shape index (κ3) is 3.87. The molecule has 1 aromatic carbocycles. The molecule has 2 heterocycles. The maximum absolute atomic E-state index is 11.4. The van der Waals surface area contributed by atoms with Crippen LogP contribution in [0.15, 0.2) is 18.2 Å². The molecule has 132 valence electrons. The van der Waals surface area contributed by atoms with Gasteiger partial charge in [0, 0.05) is 25.2 Å². The van der Waals surface area contributed by atoms with E-state index in [1.165, 1.54) is 38.2 Å². The fraction of sp³-hybridized carbons (Fsp3) is 0.667. The molecule has 2 saturated heterocycles. The van der Waals surface area contributed by atoms with Gasteiger partial charge in [-0.15, -0.1) is 0 Å². The van der Waals surface area contributed by atoms with Gasteiger partial charge in [0.2, 0.25) is 0 Å². The SMILES string of the molecule is O=[N+]([O-])c1ccc(CO)cc1N1CCCC(N2CCCCCC2)C1. The summed E-state index contributed by atoms with van der Waals surface area (Å²) in [6, 6.07) is 5.42. The number of aliphatic hydroxyl groups excluding tert-OH is 1. The lowest BCUT2D eigenvalue weighted by Gasteiger charge is -2.40. The number of anilines is 1. The van der Waals surface area contributed by atoms with Crippen LogP contribution in [0.25, 0.3) is 0 Å². The third-order valence-corrected chi connectivity index (χ3v) is 5.31. The summed E-state index contributed by atoms with van der Waals surface area (Å²) >= 11 is 0. The van der Waals surface area contributed by atoms with Crippen LogP contribution in [-0.4, -0.2) is 47.2 Å². The van der Waals surface area contributed by atoms with Crippen LogP contribution in [0.4, 0.5) is 11.4 Å². The smallest absolute Gasteiger partial charge is 0.292 e. The largest absolute Gasteiger partial charge is 0.392 e. The summed E-state index contributed by atoms with van der Waals surface area (Å²) in [5.41, 5.74) is 1.53. The standard InChI is InChI=1S/C18H27N3O3/c22-14-15-7-8-17(21(23)24)18(12-15)20-11-5-6-16(13-20)19-9-3-1-2-4-10-19/h7-8,12,16,22H,1-6,9-11,13-14H2. The van der Waals surface area contributed by atoms with Crippen LogP contribution in [0.5, 0.6) is 0 Å². The van der Waals surface area contributed by atoms with Crippen LogP contribution < -0.4 is 4.90 Å². The average molecular weight is 333 g/mol. The summed E-state index contributed by atoms with van der Waals surface area (Å²) in [5, 5.41) is 20.8. The normalized spacial score (nSPS) is 23.0. The minimum absolute atomic E-state index is 0.0889. The lowest BCUT2D eigenvalue weighted by Crippen LogP contribution is -2.48.